The number of rotatable bonds is 1. The number of aliphatic imine (C=N–C) groups is 1. The topological polar surface area (TPSA) is 81.1 Å². The van der Waals surface area contributed by atoms with Gasteiger partial charge in [-0.05, 0) is 20.8 Å². The van der Waals surface area contributed by atoms with Crippen molar-refractivity contribution in [1.82, 2.24) is 15.0 Å². The number of fused-ring (bicyclic) bond motifs is 1. The molecule has 0 aromatic carbocycles. The molecule has 1 aromatic rings. The molecular weight excluding hydrogens is 180 g/mol. The molecule has 2 heterocycles. The Morgan fingerprint density at radius 2 is 2.21 bits per heavy atom. The summed E-state index contributed by atoms with van der Waals surface area (Å²) in [6, 6.07) is 0.261. The highest BCUT2D eigenvalue weighted by atomic mass is 15.5. The summed E-state index contributed by atoms with van der Waals surface area (Å²) < 4.78 is 1.81. The molecule has 76 valence electrons. The van der Waals surface area contributed by atoms with Gasteiger partial charge in [-0.2, -0.15) is 0 Å². The van der Waals surface area contributed by atoms with Gasteiger partial charge in [-0.3, -0.25) is 0 Å². The maximum atomic E-state index is 5.81. The van der Waals surface area contributed by atoms with Gasteiger partial charge in [0.1, 0.15) is 17.7 Å². The highest BCUT2D eigenvalue weighted by Gasteiger charge is 2.23. The summed E-state index contributed by atoms with van der Waals surface area (Å²) in [5.41, 5.74) is 6.52. The van der Waals surface area contributed by atoms with E-state index in [2.05, 4.69) is 20.6 Å². The molecule has 0 fully saturated rings. The molecule has 0 aliphatic carbocycles. The summed E-state index contributed by atoms with van der Waals surface area (Å²) in [6.07, 6.45) is -0.390. The second-order valence-corrected chi connectivity index (χ2v) is 3.65. The third kappa shape index (κ3) is 1.27. The molecule has 1 unspecified atom stereocenters. The molecule has 1 aliphatic heterocycles. The number of hydrogen-bond donors (Lipinski definition) is 2. The van der Waals surface area contributed by atoms with Gasteiger partial charge in [0, 0.05) is 0 Å². The van der Waals surface area contributed by atoms with Crippen LogP contribution in [0.15, 0.2) is 4.99 Å². The maximum absolute atomic E-state index is 5.81. The first kappa shape index (κ1) is 9.14. The largest absolute Gasteiger partial charge is 0.327 e. The van der Waals surface area contributed by atoms with Crippen LogP contribution >= 0.6 is 0 Å². The van der Waals surface area contributed by atoms with Gasteiger partial charge in [0.25, 0.3) is 0 Å². The number of nitrogens with two attached hydrogens (primary N) is 1. The van der Waals surface area contributed by atoms with Crippen LogP contribution in [0.1, 0.15) is 38.7 Å². The molecule has 2 rings (SSSR count). The summed E-state index contributed by atoms with van der Waals surface area (Å²) >= 11 is 0. The molecule has 0 amide bonds. The van der Waals surface area contributed by atoms with Gasteiger partial charge < -0.3 is 11.1 Å². The fourth-order valence-electron chi connectivity index (χ4n) is 1.46. The number of nitrogens with one attached hydrogen (secondary N) is 1. The molecule has 1 aliphatic rings. The van der Waals surface area contributed by atoms with Crippen LogP contribution in [0.2, 0.25) is 0 Å². The van der Waals surface area contributed by atoms with Crippen LogP contribution < -0.4 is 11.1 Å². The van der Waals surface area contributed by atoms with Gasteiger partial charge in [-0.1, -0.05) is 5.21 Å². The van der Waals surface area contributed by atoms with Crippen molar-refractivity contribution >= 4 is 11.7 Å². The first-order valence-corrected chi connectivity index (χ1v) is 4.61. The van der Waals surface area contributed by atoms with E-state index in [1.54, 1.807) is 0 Å². The smallest absolute Gasteiger partial charge is 0.157 e. The molecule has 0 saturated heterocycles. The summed E-state index contributed by atoms with van der Waals surface area (Å²) in [4.78, 5) is 4.16. The average molecular weight is 194 g/mol. The molecule has 6 heteroatoms. The highest BCUT2D eigenvalue weighted by Crippen LogP contribution is 2.25. The highest BCUT2D eigenvalue weighted by molar-refractivity contribution is 5.94. The number of hydrogen-bond acceptors (Lipinski definition) is 5. The minimum Gasteiger partial charge on any atom is -0.327 e. The van der Waals surface area contributed by atoms with Crippen molar-refractivity contribution in [3.63, 3.8) is 0 Å². The zero-order chi connectivity index (χ0) is 10.3. The lowest BCUT2D eigenvalue weighted by atomic mass is 10.3. The predicted molar refractivity (Wildman–Crippen MR) is 54.1 cm³/mol. The van der Waals surface area contributed by atoms with Crippen LogP contribution in [0.3, 0.4) is 0 Å². The van der Waals surface area contributed by atoms with Crippen LogP contribution in [0, 0.1) is 0 Å². The Labute approximate surface area is 82.2 Å². The van der Waals surface area contributed by atoms with Crippen molar-refractivity contribution in [3.8, 4) is 0 Å². The van der Waals surface area contributed by atoms with E-state index in [0.29, 0.717) is 5.69 Å². The number of anilines is 1. The van der Waals surface area contributed by atoms with Crippen molar-refractivity contribution in [2.45, 2.75) is 33.0 Å². The summed E-state index contributed by atoms with van der Waals surface area (Å²) in [7, 11) is 0. The fourth-order valence-corrected chi connectivity index (χ4v) is 1.46. The monoisotopic (exact) mass is 194 g/mol. The Bertz CT molecular complexity index is 377. The summed E-state index contributed by atoms with van der Waals surface area (Å²) in [5.74, 6) is 1.66. The Kier molecular flexibility index (Phi) is 1.99. The molecular formula is C8H14N6. The van der Waals surface area contributed by atoms with Crippen LogP contribution in [0.25, 0.3) is 0 Å². The van der Waals surface area contributed by atoms with Crippen LogP contribution in [0.4, 0.5) is 5.82 Å². The standard InChI is InChI=1S/C8H14N6/c1-4(2)14-8-6(12-13-14)7(9)10-5(3)11-8/h4,7H,9H2,1-3H3,(H,10,11). The first-order valence-electron chi connectivity index (χ1n) is 4.61. The Morgan fingerprint density at radius 3 is 2.86 bits per heavy atom. The van der Waals surface area contributed by atoms with Gasteiger partial charge in [-0.25, -0.2) is 9.67 Å². The Balaban J connectivity index is 2.46. The summed E-state index contributed by atoms with van der Waals surface area (Å²) in [5, 5.41) is 11.2. The van der Waals surface area contributed by atoms with Crippen LogP contribution in [-0.2, 0) is 0 Å². The van der Waals surface area contributed by atoms with Crippen molar-refractivity contribution in [1.29, 1.82) is 0 Å². The van der Waals surface area contributed by atoms with Gasteiger partial charge in [0.15, 0.2) is 5.82 Å². The van der Waals surface area contributed by atoms with E-state index in [1.165, 1.54) is 0 Å². The van der Waals surface area contributed by atoms with E-state index in [0.717, 1.165) is 11.7 Å². The van der Waals surface area contributed by atoms with E-state index < -0.39 is 6.17 Å². The van der Waals surface area contributed by atoms with E-state index >= 15 is 0 Å². The number of amidine groups is 1. The van der Waals surface area contributed by atoms with Crippen molar-refractivity contribution < 1.29 is 0 Å². The molecule has 0 spiro atoms. The Morgan fingerprint density at radius 1 is 1.50 bits per heavy atom. The molecule has 14 heavy (non-hydrogen) atoms. The normalized spacial score (nSPS) is 20.4. The minimum atomic E-state index is -0.390. The zero-order valence-electron chi connectivity index (χ0n) is 8.52. The van der Waals surface area contributed by atoms with Crippen molar-refractivity contribution in [3.05, 3.63) is 5.69 Å². The van der Waals surface area contributed by atoms with Gasteiger partial charge in [0.05, 0.1) is 6.04 Å². The SMILES string of the molecule is CC1=NC(N)c2nnn(C(C)C)c2N1. The minimum absolute atomic E-state index is 0.261. The first-order chi connectivity index (χ1) is 6.59. The van der Waals surface area contributed by atoms with Gasteiger partial charge >= 0.3 is 0 Å². The van der Waals surface area contributed by atoms with E-state index in [4.69, 9.17) is 5.73 Å². The molecule has 1 aromatic heterocycles. The molecule has 3 N–H and O–H groups in total. The molecule has 1 atom stereocenters. The molecule has 0 bridgehead atoms. The quantitative estimate of drug-likeness (QED) is 0.688. The van der Waals surface area contributed by atoms with Gasteiger partial charge in [-0.15, -0.1) is 5.10 Å². The van der Waals surface area contributed by atoms with E-state index in [-0.39, 0.29) is 6.04 Å². The van der Waals surface area contributed by atoms with Crippen molar-refractivity contribution in [2.24, 2.45) is 10.7 Å². The molecule has 0 radical (unpaired) electrons. The Hall–Kier alpha value is -1.43. The molecule has 6 nitrogen and oxygen atoms in total. The lowest BCUT2D eigenvalue weighted by Gasteiger charge is -2.18. The lowest BCUT2D eigenvalue weighted by molar-refractivity contribution is 0.520. The zero-order valence-corrected chi connectivity index (χ0v) is 8.52. The third-order valence-electron chi connectivity index (χ3n) is 2.12. The van der Waals surface area contributed by atoms with Crippen molar-refractivity contribution in [2.75, 3.05) is 5.32 Å². The lowest BCUT2D eigenvalue weighted by Crippen LogP contribution is -2.24. The second-order valence-electron chi connectivity index (χ2n) is 3.65. The molecule has 0 saturated carbocycles. The maximum Gasteiger partial charge on any atom is 0.157 e. The van der Waals surface area contributed by atoms with E-state index in [1.807, 2.05) is 25.5 Å². The van der Waals surface area contributed by atoms with Crippen LogP contribution in [0.5, 0.6) is 0 Å². The fraction of sp³-hybridized carbons (Fsp3) is 0.625. The second kappa shape index (κ2) is 3.06. The summed E-state index contributed by atoms with van der Waals surface area (Å²) in [6.45, 7) is 5.97. The third-order valence-corrected chi connectivity index (χ3v) is 2.12. The number of nitrogens with zero attached hydrogens (tertiary/aromatic N) is 4. The average Bonchev–Trinajstić information content (AvgIpc) is 2.47. The van der Waals surface area contributed by atoms with Gasteiger partial charge in [0.2, 0.25) is 0 Å². The van der Waals surface area contributed by atoms with E-state index in [9.17, 15) is 0 Å². The predicted octanol–water partition coefficient (Wildman–Crippen LogP) is 0.660. The van der Waals surface area contributed by atoms with Crippen LogP contribution in [-0.4, -0.2) is 20.8 Å². The number of aromatic nitrogens is 3.